The highest BCUT2D eigenvalue weighted by Crippen LogP contribution is 2.04. The monoisotopic (exact) mass is 292 g/mol. The van der Waals surface area contributed by atoms with Crippen LogP contribution < -0.4 is 0 Å². The average molecular weight is 292 g/mol. The van der Waals surface area contributed by atoms with E-state index in [1.165, 1.54) is 0 Å². The molecule has 0 saturated carbocycles. The summed E-state index contributed by atoms with van der Waals surface area (Å²) in [6, 6.07) is 9.91. The molecule has 1 rings (SSSR count). The number of esters is 2. The van der Waals surface area contributed by atoms with Crippen LogP contribution in [0.3, 0.4) is 0 Å². The molecule has 1 aromatic carbocycles. The van der Waals surface area contributed by atoms with Gasteiger partial charge < -0.3 is 9.47 Å². The highest BCUT2D eigenvalue weighted by atomic mass is 16.5. The molecule has 0 unspecified atom stereocenters. The number of hydrogen-bond donors (Lipinski definition) is 0. The Hall–Kier alpha value is -1.84. The quantitative estimate of drug-likeness (QED) is 0.490. The molecular formula is C17H24O4. The van der Waals surface area contributed by atoms with Gasteiger partial charge in [-0.1, -0.05) is 37.3 Å². The number of carbonyl (C=O) groups is 2. The van der Waals surface area contributed by atoms with Crippen LogP contribution in [0.4, 0.5) is 0 Å². The normalized spacial score (nSPS) is 10.1. The van der Waals surface area contributed by atoms with Gasteiger partial charge in [-0.3, -0.25) is 9.59 Å². The van der Waals surface area contributed by atoms with Crippen molar-refractivity contribution in [2.75, 3.05) is 13.2 Å². The van der Waals surface area contributed by atoms with Gasteiger partial charge in [0.05, 0.1) is 13.2 Å². The van der Waals surface area contributed by atoms with Crippen molar-refractivity contribution < 1.29 is 19.1 Å². The molecule has 0 aromatic heterocycles. The lowest BCUT2D eigenvalue weighted by molar-refractivity contribution is -0.145. The molecule has 0 aliphatic heterocycles. The van der Waals surface area contributed by atoms with Gasteiger partial charge in [0.15, 0.2) is 0 Å². The largest absolute Gasteiger partial charge is 0.466 e. The Bertz CT molecular complexity index is 414. The Morgan fingerprint density at radius 1 is 0.905 bits per heavy atom. The van der Waals surface area contributed by atoms with Crippen LogP contribution in [-0.2, 0) is 25.5 Å². The zero-order valence-corrected chi connectivity index (χ0v) is 12.7. The van der Waals surface area contributed by atoms with Gasteiger partial charge in [0.1, 0.15) is 0 Å². The van der Waals surface area contributed by atoms with Crippen molar-refractivity contribution in [1.82, 2.24) is 0 Å². The van der Waals surface area contributed by atoms with E-state index in [0.29, 0.717) is 38.9 Å². The number of benzene rings is 1. The maximum absolute atomic E-state index is 11.5. The van der Waals surface area contributed by atoms with E-state index in [1.54, 1.807) is 0 Å². The summed E-state index contributed by atoms with van der Waals surface area (Å²) in [7, 11) is 0. The van der Waals surface area contributed by atoms with E-state index >= 15 is 0 Å². The minimum atomic E-state index is -0.201. The summed E-state index contributed by atoms with van der Waals surface area (Å²) in [4.78, 5) is 22.7. The van der Waals surface area contributed by atoms with Gasteiger partial charge in [-0.25, -0.2) is 0 Å². The van der Waals surface area contributed by atoms with Crippen LogP contribution in [-0.4, -0.2) is 25.2 Å². The van der Waals surface area contributed by atoms with Crippen molar-refractivity contribution in [3.63, 3.8) is 0 Å². The second kappa shape index (κ2) is 10.9. The lowest BCUT2D eigenvalue weighted by atomic mass is 10.2. The first-order chi connectivity index (χ1) is 10.2. The van der Waals surface area contributed by atoms with Crippen molar-refractivity contribution in [3.8, 4) is 0 Å². The van der Waals surface area contributed by atoms with Crippen molar-refractivity contribution >= 4 is 11.9 Å². The van der Waals surface area contributed by atoms with Crippen LogP contribution >= 0.6 is 0 Å². The Kier molecular flexibility index (Phi) is 8.93. The molecule has 0 N–H and O–H groups in total. The Labute approximate surface area is 126 Å². The smallest absolute Gasteiger partial charge is 0.305 e. The maximum Gasteiger partial charge on any atom is 0.305 e. The molecule has 4 heteroatoms. The third-order valence-electron chi connectivity index (χ3n) is 2.98. The highest BCUT2D eigenvalue weighted by Gasteiger charge is 2.05. The molecule has 0 heterocycles. The van der Waals surface area contributed by atoms with E-state index in [4.69, 9.17) is 9.47 Å². The van der Waals surface area contributed by atoms with Crippen LogP contribution in [0.25, 0.3) is 0 Å². The Morgan fingerprint density at radius 3 is 2.05 bits per heavy atom. The minimum absolute atomic E-state index is 0.186. The third kappa shape index (κ3) is 8.84. The minimum Gasteiger partial charge on any atom is -0.466 e. The fraction of sp³-hybridized carbons (Fsp3) is 0.529. The standard InChI is InChI=1S/C17H24O4/c1-2-13-20-16(18)10-6-7-11-17(19)21-14-12-15-8-4-3-5-9-15/h3-5,8-9H,2,6-7,10-14H2,1H3. The lowest BCUT2D eigenvalue weighted by Crippen LogP contribution is -2.08. The van der Waals surface area contributed by atoms with Gasteiger partial charge in [0.2, 0.25) is 0 Å². The zero-order valence-electron chi connectivity index (χ0n) is 12.7. The summed E-state index contributed by atoms with van der Waals surface area (Å²) >= 11 is 0. The molecule has 0 radical (unpaired) electrons. The highest BCUT2D eigenvalue weighted by molar-refractivity contribution is 5.70. The van der Waals surface area contributed by atoms with Crippen molar-refractivity contribution in [2.24, 2.45) is 0 Å². The molecular weight excluding hydrogens is 268 g/mol. The molecule has 0 amide bonds. The van der Waals surface area contributed by atoms with E-state index in [9.17, 15) is 9.59 Å². The van der Waals surface area contributed by atoms with E-state index in [2.05, 4.69) is 0 Å². The van der Waals surface area contributed by atoms with E-state index in [1.807, 2.05) is 37.3 Å². The summed E-state index contributed by atoms with van der Waals surface area (Å²) in [5, 5.41) is 0. The van der Waals surface area contributed by atoms with Gasteiger partial charge in [-0.15, -0.1) is 0 Å². The van der Waals surface area contributed by atoms with Crippen LogP contribution in [0.1, 0.15) is 44.6 Å². The SMILES string of the molecule is CCCOC(=O)CCCCC(=O)OCCc1ccccc1. The topological polar surface area (TPSA) is 52.6 Å². The van der Waals surface area contributed by atoms with Crippen molar-refractivity contribution in [1.29, 1.82) is 0 Å². The lowest BCUT2D eigenvalue weighted by Gasteiger charge is -2.05. The van der Waals surface area contributed by atoms with Crippen LogP contribution in [0.2, 0.25) is 0 Å². The maximum atomic E-state index is 11.5. The number of hydrogen-bond acceptors (Lipinski definition) is 4. The number of ether oxygens (including phenoxy) is 2. The van der Waals surface area contributed by atoms with Crippen molar-refractivity contribution in [3.05, 3.63) is 35.9 Å². The Morgan fingerprint density at radius 2 is 1.48 bits per heavy atom. The summed E-state index contributed by atoms with van der Waals surface area (Å²) in [6.07, 6.45) is 3.62. The fourth-order valence-electron chi connectivity index (χ4n) is 1.83. The molecule has 4 nitrogen and oxygen atoms in total. The summed E-state index contributed by atoms with van der Waals surface area (Å²) in [5.74, 6) is -0.387. The molecule has 0 fully saturated rings. The van der Waals surface area contributed by atoms with Gasteiger partial charge in [0, 0.05) is 19.3 Å². The first kappa shape index (κ1) is 17.2. The second-order valence-electron chi connectivity index (χ2n) is 4.88. The molecule has 21 heavy (non-hydrogen) atoms. The molecule has 1 aromatic rings. The average Bonchev–Trinajstić information content (AvgIpc) is 2.50. The molecule has 0 atom stereocenters. The van der Waals surface area contributed by atoms with E-state index < -0.39 is 0 Å². The van der Waals surface area contributed by atoms with E-state index in [0.717, 1.165) is 18.4 Å². The zero-order chi connectivity index (χ0) is 15.3. The molecule has 0 aliphatic carbocycles. The van der Waals surface area contributed by atoms with Gasteiger partial charge >= 0.3 is 11.9 Å². The van der Waals surface area contributed by atoms with Gasteiger partial charge in [-0.2, -0.15) is 0 Å². The first-order valence-corrected chi connectivity index (χ1v) is 7.57. The van der Waals surface area contributed by atoms with Crippen LogP contribution in [0, 0.1) is 0 Å². The summed E-state index contributed by atoms with van der Waals surface area (Å²) < 4.78 is 10.1. The Balaban J connectivity index is 2.00. The van der Waals surface area contributed by atoms with Crippen molar-refractivity contribution in [2.45, 2.75) is 45.4 Å². The number of carbonyl (C=O) groups excluding carboxylic acids is 2. The molecule has 0 aliphatic rings. The van der Waals surface area contributed by atoms with E-state index in [-0.39, 0.29) is 11.9 Å². The predicted octanol–water partition coefficient (Wildman–Crippen LogP) is 3.29. The summed E-state index contributed by atoms with van der Waals surface area (Å²) in [5.41, 5.74) is 1.16. The summed E-state index contributed by atoms with van der Waals surface area (Å²) in [6.45, 7) is 2.83. The third-order valence-corrected chi connectivity index (χ3v) is 2.98. The van der Waals surface area contributed by atoms with Crippen LogP contribution in [0.15, 0.2) is 30.3 Å². The molecule has 116 valence electrons. The fourth-order valence-corrected chi connectivity index (χ4v) is 1.83. The predicted molar refractivity (Wildman–Crippen MR) is 80.8 cm³/mol. The number of rotatable bonds is 10. The number of unbranched alkanes of at least 4 members (excludes halogenated alkanes) is 1. The van der Waals surface area contributed by atoms with Gasteiger partial charge in [-0.05, 0) is 24.8 Å². The molecule has 0 spiro atoms. The second-order valence-corrected chi connectivity index (χ2v) is 4.88. The van der Waals surface area contributed by atoms with Gasteiger partial charge in [0.25, 0.3) is 0 Å². The first-order valence-electron chi connectivity index (χ1n) is 7.57. The molecule has 0 saturated heterocycles. The van der Waals surface area contributed by atoms with Crippen LogP contribution in [0.5, 0.6) is 0 Å². The molecule has 0 bridgehead atoms.